The van der Waals surface area contributed by atoms with Gasteiger partial charge in [-0.25, -0.2) is 9.97 Å². The second-order valence-electron chi connectivity index (χ2n) is 12.9. The zero-order chi connectivity index (χ0) is 32.1. The first-order chi connectivity index (χ1) is 24.3. The summed E-state index contributed by atoms with van der Waals surface area (Å²) in [5.41, 5.74) is 4.01. The zero-order valence-electron chi connectivity index (χ0n) is 26.3. The van der Waals surface area contributed by atoms with Gasteiger partial charge in [0.05, 0.1) is 11.2 Å². The lowest BCUT2D eigenvalue weighted by atomic mass is 9.92. The van der Waals surface area contributed by atoms with Gasteiger partial charge in [-0.15, -0.1) is 11.3 Å². The molecule has 226 valence electrons. The lowest BCUT2D eigenvalue weighted by Crippen LogP contribution is -1.96. The van der Waals surface area contributed by atoms with Gasteiger partial charge in [-0.2, -0.15) is 0 Å². The fourth-order valence-electron chi connectivity index (χ4n) is 7.88. The van der Waals surface area contributed by atoms with E-state index in [1.54, 1.807) is 0 Å². The molecule has 11 aromatic rings. The quantitative estimate of drug-likeness (QED) is 0.176. The van der Waals surface area contributed by atoms with Crippen LogP contribution in [0.5, 0.6) is 0 Å². The summed E-state index contributed by atoms with van der Waals surface area (Å²) in [6.45, 7) is 0. The van der Waals surface area contributed by atoms with E-state index in [0.717, 1.165) is 33.5 Å². The van der Waals surface area contributed by atoms with Crippen molar-refractivity contribution < 1.29 is 0 Å². The van der Waals surface area contributed by atoms with Gasteiger partial charge < -0.3 is 0 Å². The highest BCUT2D eigenvalue weighted by molar-refractivity contribution is 7.26. The lowest BCUT2D eigenvalue weighted by Gasteiger charge is -2.14. The third kappa shape index (κ3) is 4.00. The molecule has 0 spiro atoms. The fraction of sp³-hybridized carbons (Fsp3) is 0. The molecule has 0 unspecified atom stereocenters. The monoisotopic (exact) mass is 638 g/mol. The van der Waals surface area contributed by atoms with Crippen molar-refractivity contribution in [1.29, 1.82) is 0 Å². The maximum atomic E-state index is 5.32. The number of hydrogen-bond donors (Lipinski definition) is 0. The second kappa shape index (κ2) is 10.2. The molecular formula is C46H26N2S. The van der Waals surface area contributed by atoms with E-state index >= 15 is 0 Å². The predicted molar refractivity (Wildman–Crippen MR) is 211 cm³/mol. The van der Waals surface area contributed by atoms with Gasteiger partial charge in [0.15, 0.2) is 5.82 Å². The molecule has 9 aromatic carbocycles. The molecule has 2 nitrogen and oxygen atoms in total. The number of thiophene rings is 1. The molecule has 0 N–H and O–H groups in total. The third-order valence-corrected chi connectivity index (χ3v) is 11.3. The minimum atomic E-state index is 0.735. The average Bonchev–Trinajstić information content (AvgIpc) is 3.52. The number of hydrogen-bond acceptors (Lipinski definition) is 3. The SMILES string of the molecule is c1ccc(-c2nc(-c3ccc4c(c3)c3ccccc3c3cc5sc6cc7ccccc7cc6c5cc43)nc3ccc4ccccc4c23)cc1. The number of rotatable bonds is 2. The zero-order valence-corrected chi connectivity index (χ0v) is 27.1. The summed E-state index contributed by atoms with van der Waals surface area (Å²) in [4.78, 5) is 10.5. The van der Waals surface area contributed by atoms with Crippen LogP contribution in [0.4, 0.5) is 0 Å². The molecule has 0 aliphatic rings. The summed E-state index contributed by atoms with van der Waals surface area (Å²) in [6, 6.07) is 57.2. The molecule has 0 radical (unpaired) electrons. The van der Waals surface area contributed by atoms with Crippen LogP contribution in [-0.4, -0.2) is 9.97 Å². The van der Waals surface area contributed by atoms with Gasteiger partial charge >= 0.3 is 0 Å². The number of benzene rings is 9. The summed E-state index contributed by atoms with van der Waals surface area (Å²) in [7, 11) is 0. The largest absolute Gasteiger partial charge is 0.228 e. The molecule has 49 heavy (non-hydrogen) atoms. The molecule has 0 fully saturated rings. The van der Waals surface area contributed by atoms with Crippen LogP contribution in [0, 0.1) is 0 Å². The van der Waals surface area contributed by atoms with Crippen molar-refractivity contribution in [2.45, 2.75) is 0 Å². The number of nitrogens with zero attached hydrogens (tertiary/aromatic N) is 2. The van der Waals surface area contributed by atoms with Gasteiger partial charge in [0.1, 0.15) is 0 Å². The first kappa shape index (κ1) is 26.9. The van der Waals surface area contributed by atoms with Crippen molar-refractivity contribution in [2.24, 2.45) is 0 Å². The Bertz CT molecular complexity index is 3160. The van der Waals surface area contributed by atoms with Gasteiger partial charge in [0, 0.05) is 36.7 Å². The minimum Gasteiger partial charge on any atom is -0.228 e. The topological polar surface area (TPSA) is 25.8 Å². The molecule has 0 saturated carbocycles. The Morgan fingerprint density at radius 3 is 1.78 bits per heavy atom. The number of aromatic nitrogens is 2. The van der Waals surface area contributed by atoms with Gasteiger partial charge in [0.25, 0.3) is 0 Å². The van der Waals surface area contributed by atoms with Crippen molar-refractivity contribution in [1.82, 2.24) is 9.97 Å². The van der Waals surface area contributed by atoms with Crippen LogP contribution < -0.4 is 0 Å². The highest BCUT2D eigenvalue weighted by atomic mass is 32.1. The Morgan fingerprint density at radius 1 is 0.347 bits per heavy atom. The normalized spacial score (nSPS) is 12.1. The molecule has 0 aliphatic heterocycles. The maximum Gasteiger partial charge on any atom is 0.160 e. The van der Waals surface area contributed by atoms with Crippen LogP contribution >= 0.6 is 11.3 Å². The molecule has 2 aromatic heterocycles. The Balaban J connectivity index is 1.20. The van der Waals surface area contributed by atoms with Crippen molar-refractivity contribution in [2.75, 3.05) is 0 Å². The van der Waals surface area contributed by atoms with E-state index in [-0.39, 0.29) is 0 Å². The van der Waals surface area contributed by atoms with Crippen LogP contribution in [0.3, 0.4) is 0 Å². The molecule has 2 heterocycles. The van der Waals surface area contributed by atoms with Crippen molar-refractivity contribution >= 4 is 96.3 Å². The van der Waals surface area contributed by atoms with Gasteiger partial charge in [-0.1, -0.05) is 121 Å². The highest BCUT2D eigenvalue weighted by Crippen LogP contribution is 2.44. The molecule has 0 bridgehead atoms. The van der Waals surface area contributed by atoms with Crippen molar-refractivity contribution in [3.63, 3.8) is 0 Å². The van der Waals surface area contributed by atoms with E-state index in [1.165, 1.54) is 74.0 Å². The van der Waals surface area contributed by atoms with Crippen LogP contribution in [-0.2, 0) is 0 Å². The third-order valence-electron chi connectivity index (χ3n) is 10.2. The lowest BCUT2D eigenvalue weighted by molar-refractivity contribution is 1.23. The standard InChI is InChI=1S/C46H26N2S/c1-2-11-28(12-3-1)45-44-32-15-7-6-10-27(32)19-21-41(44)47-46(48-45)31-18-20-35-36(23-31)33-16-8-9-17-34(33)38-26-43-40(25-37(35)38)39-22-29-13-4-5-14-30(29)24-42(39)49-43/h1-26H. The van der Waals surface area contributed by atoms with E-state index < -0.39 is 0 Å². The molecule has 11 rings (SSSR count). The first-order valence-corrected chi connectivity index (χ1v) is 17.5. The fourth-order valence-corrected chi connectivity index (χ4v) is 9.04. The Kier molecular flexibility index (Phi) is 5.57. The van der Waals surface area contributed by atoms with Gasteiger partial charge in [-0.05, 0) is 90.3 Å². The van der Waals surface area contributed by atoms with Crippen molar-refractivity contribution in [3.05, 3.63) is 158 Å². The average molecular weight is 639 g/mol. The molecule has 0 aliphatic carbocycles. The van der Waals surface area contributed by atoms with Crippen molar-refractivity contribution in [3.8, 4) is 22.6 Å². The predicted octanol–water partition coefficient (Wildman–Crippen LogP) is 13.1. The molecule has 0 atom stereocenters. The maximum absolute atomic E-state index is 5.32. The first-order valence-electron chi connectivity index (χ1n) is 16.7. The second-order valence-corrected chi connectivity index (χ2v) is 14.0. The highest BCUT2D eigenvalue weighted by Gasteiger charge is 2.17. The summed E-state index contributed by atoms with van der Waals surface area (Å²) in [5, 5.41) is 16.2. The van der Waals surface area contributed by atoms with E-state index in [1.807, 2.05) is 11.3 Å². The van der Waals surface area contributed by atoms with E-state index in [4.69, 9.17) is 9.97 Å². The van der Waals surface area contributed by atoms with Crippen LogP contribution in [0.25, 0.3) is 108 Å². The van der Waals surface area contributed by atoms with E-state index in [9.17, 15) is 0 Å². The Labute approximate surface area is 285 Å². The van der Waals surface area contributed by atoms with Crippen LogP contribution in [0.15, 0.2) is 158 Å². The van der Waals surface area contributed by atoms with Crippen LogP contribution in [0.1, 0.15) is 0 Å². The summed E-state index contributed by atoms with van der Waals surface area (Å²) < 4.78 is 2.65. The molecule has 0 saturated heterocycles. The van der Waals surface area contributed by atoms with Gasteiger partial charge in [0.2, 0.25) is 0 Å². The van der Waals surface area contributed by atoms with E-state index in [0.29, 0.717) is 0 Å². The number of fused-ring (bicyclic) bond motifs is 13. The molecule has 0 amide bonds. The summed E-state index contributed by atoms with van der Waals surface area (Å²) in [6.07, 6.45) is 0. The smallest absolute Gasteiger partial charge is 0.160 e. The Morgan fingerprint density at radius 2 is 0.959 bits per heavy atom. The summed E-state index contributed by atoms with van der Waals surface area (Å²) in [5.74, 6) is 0.735. The summed E-state index contributed by atoms with van der Waals surface area (Å²) >= 11 is 1.89. The van der Waals surface area contributed by atoms with Crippen LogP contribution in [0.2, 0.25) is 0 Å². The minimum absolute atomic E-state index is 0.735. The van der Waals surface area contributed by atoms with E-state index in [2.05, 4.69) is 158 Å². The molecular weight excluding hydrogens is 613 g/mol. The molecule has 3 heteroatoms. The van der Waals surface area contributed by atoms with Gasteiger partial charge in [-0.3, -0.25) is 0 Å². The Hall–Kier alpha value is -6.16.